The van der Waals surface area contributed by atoms with Gasteiger partial charge in [-0.15, -0.1) is 0 Å². The third-order valence-electron chi connectivity index (χ3n) is 3.53. The first-order valence-electron chi connectivity index (χ1n) is 5.98. The van der Waals surface area contributed by atoms with Gasteiger partial charge in [0, 0.05) is 0 Å². The van der Waals surface area contributed by atoms with Gasteiger partial charge >= 0.3 is 5.97 Å². The highest BCUT2D eigenvalue weighted by atomic mass is 35.5. The predicted molar refractivity (Wildman–Crippen MR) is 72.1 cm³/mol. The van der Waals surface area contributed by atoms with Crippen molar-refractivity contribution < 1.29 is 17.9 Å². The van der Waals surface area contributed by atoms with Gasteiger partial charge in [0.05, 0.1) is 28.2 Å². The molecule has 0 heterocycles. The van der Waals surface area contributed by atoms with Crippen LogP contribution in [0.5, 0.6) is 0 Å². The Kier molecular flexibility index (Phi) is 3.62. The normalized spacial score (nSPS) is 17.0. The largest absolute Gasteiger partial charge is 0.468 e. The Hall–Kier alpha value is -1.07. The summed E-state index contributed by atoms with van der Waals surface area (Å²) in [5.41, 5.74) is 0.0896. The van der Waals surface area contributed by atoms with Crippen LogP contribution >= 0.6 is 11.6 Å². The van der Waals surface area contributed by atoms with Crippen LogP contribution in [-0.4, -0.2) is 27.2 Å². The number of carbonyl (C=O) groups excluding carboxylic acids is 1. The SMILES string of the molecule is CCS(=O)(=O)c1ccc(C2(C(=O)OC)CC2)cc1Cl. The fourth-order valence-electron chi connectivity index (χ4n) is 2.14. The average molecular weight is 303 g/mol. The first-order chi connectivity index (χ1) is 8.87. The van der Waals surface area contributed by atoms with E-state index >= 15 is 0 Å². The van der Waals surface area contributed by atoms with Gasteiger partial charge in [0.2, 0.25) is 0 Å². The molecule has 0 bridgehead atoms. The van der Waals surface area contributed by atoms with E-state index in [1.54, 1.807) is 19.1 Å². The number of carbonyl (C=O) groups is 1. The molecule has 0 radical (unpaired) electrons. The summed E-state index contributed by atoms with van der Waals surface area (Å²) in [5, 5.41) is 0.162. The van der Waals surface area contributed by atoms with Crippen molar-refractivity contribution in [2.45, 2.75) is 30.1 Å². The van der Waals surface area contributed by atoms with Gasteiger partial charge in [0.1, 0.15) is 0 Å². The summed E-state index contributed by atoms with van der Waals surface area (Å²) < 4.78 is 28.4. The van der Waals surface area contributed by atoms with Crippen LogP contribution in [0.15, 0.2) is 23.1 Å². The lowest BCUT2D eigenvalue weighted by atomic mass is 9.96. The van der Waals surface area contributed by atoms with Crippen LogP contribution in [0.2, 0.25) is 5.02 Å². The molecule has 6 heteroatoms. The molecule has 1 aliphatic rings. The lowest BCUT2D eigenvalue weighted by Crippen LogP contribution is -2.22. The predicted octanol–water partition coefficient (Wildman–Crippen LogP) is 2.34. The minimum atomic E-state index is -3.34. The number of methoxy groups -OCH3 is 1. The van der Waals surface area contributed by atoms with E-state index in [0.29, 0.717) is 12.8 Å². The van der Waals surface area contributed by atoms with E-state index in [1.165, 1.54) is 13.2 Å². The Bertz CT molecular complexity index is 618. The molecule has 2 rings (SSSR count). The molecule has 1 aliphatic carbocycles. The zero-order valence-corrected chi connectivity index (χ0v) is 12.3. The number of halogens is 1. The van der Waals surface area contributed by atoms with E-state index in [-0.39, 0.29) is 21.6 Å². The van der Waals surface area contributed by atoms with Gasteiger partial charge < -0.3 is 4.74 Å². The summed E-state index contributed by atoms with van der Waals surface area (Å²) in [7, 11) is -2.00. The third kappa shape index (κ3) is 2.37. The first kappa shape index (κ1) is 14.3. The standard InChI is InChI=1S/C13H15ClO4S/c1-3-19(16,17)11-5-4-9(8-10(11)14)13(6-7-13)12(15)18-2/h4-5,8H,3,6-7H2,1-2H3. The van der Waals surface area contributed by atoms with Crippen LogP contribution in [-0.2, 0) is 24.8 Å². The quantitative estimate of drug-likeness (QED) is 0.801. The molecule has 0 N–H and O–H groups in total. The van der Waals surface area contributed by atoms with Crippen LogP contribution in [0.1, 0.15) is 25.3 Å². The van der Waals surface area contributed by atoms with Crippen molar-refractivity contribution in [3.63, 3.8) is 0 Å². The molecule has 1 fully saturated rings. The molecule has 0 atom stereocenters. The van der Waals surface area contributed by atoms with Crippen molar-refractivity contribution in [2.24, 2.45) is 0 Å². The lowest BCUT2D eigenvalue weighted by molar-refractivity contribution is -0.143. The lowest BCUT2D eigenvalue weighted by Gasteiger charge is -2.14. The maximum Gasteiger partial charge on any atom is 0.316 e. The van der Waals surface area contributed by atoms with E-state index in [4.69, 9.17) is 16.3 Å². The van der Waals surface area contributed by atoms with Gasteiger partial charge in [-0.1, -0.05) is 24.6 Å². The molecule has 0 saturated heterocycles. The first-order valence-corrected chi connectivity index (χ1v) is 8.01. The molecule has 104 valence electrons. The molecule has 0 amide bonds. The Balaban J connectivity index is 2.44. The van der Waals surface area contributed by atoms with Crippen molar-refractivity contribution in [1.29, 1.82) is 0 Å². The second-order valence-electron chi connectivity index (χ2n) is 4.62. The Morgan fingerprint density at radius 1 is 1.42 bits per heavy atom. The van der Waals surface area contributed by atoms with Crippen molar-refractivity contribution in [3.05, 3.63) is 28.8 Å². The summed E-state index contributed by atoms with van der Waals surface area (Å²) in [6.45, 7) is 1.57. The molecule has 0 aromatic heterocycles. The molecule has 1 aromatic carbocycles. The average Bonchev–Trinajstić information content (AvgIpc) is 3.19. The topological polar surface area (TPSA) is 60.4 Å². The summed E-state index contributed by atoms with van der Waals surface area (Å²) >= 11 is 6.04. The monoisotopic (exact) mass is 302 g/mol. The zero-order valence-electron chi connectivity index (χ0n) is 10.8. The zero-order chi connectivity index (χ0) is 14.3. The van der Waals surface area contributed by atoms with Crippen molar-refractivity contribution in [3.8, 4) is 0 Å². The van der Waals surface area contributed by atoms with Gasteiger partial charge in [-0.05, 0) is 30.5 Å². The van der Waals surface area contributed by atoms with Crippen molar-refractivity contribution in [1.82, 2.24) is 0 Å². The number of hydrogen-bond acceptors (Lipinski definition) is 4. The van der Waals surface area contributed by atoms with Crippen molar-refractivity contribution in [2.75, 3.05) is 12.9 Å². The molecule has 1 saturated carbocycles. The van der Waals surface area contributed by atoms with E-state index in [0.717, 1.165) is 5.56 Å². The highest BCUT2D eigenvalue weighted by Crippen LogP contribution is 2.50. The molecular weight excluding hydrogens is 288 g/mol. The molecule has 0 aliphatic heterocycles. The molecule has 0 spiro atoms. The van der Waals surface area contributed by atoms with Crippen molar-refractivity contribution >= 4 is 27.4 Å². The van der Waals surface area contributed by atoms with Crippen LogP contribution in [0.3, 0.4) is 0 Å². The summed E-state index contributed by atoms with van der Waals surface area (Å²) in [4.78, 5) is 11.9. The number of sulfone groups is 1. The van der Waals surface area contributed by atoms with Gasteiger partial charge in [-0.25, -0.2) is 8.42 Å². The minimum absolute atomic E-state index is 0.00574. The second kappa shape index (κ2) is 4.80. The Morgan fingerprint density at radius 3 is 2.47 bits per heavy atom. The number of rotatable bonds is 4. The van der Waals surface area contributed by atoms with E-state index in [9.17, 15) is 13.2 Å². The van der Waals surface area contributed by atoms with Gasteiger partial charge in [-0.3, -0.25) is 4.79 Å². The fourth-order valence-corrected chi connectivity index (χ4v) is 3.61. The highest BCUT2D eigenvalue weighted by molar-refractivity contribution is 7.91. The van der Waals surface area contributed by atoms with Gasteiger partial charge in [-0.2, -0.15) is 0 Å². The Labute approximate surface area is 117 Å². The molecule has 19 heavy (non-hydrogen) atoms. The maximum atomic E-state index is 11.8. The molecular formula is C13H15ClO4S. The smallest absolute Gasteiger partial charge is 0.316 e. The summed E-state index contributed by atoms with van der Waals surface area (Å²) in [6.07, 6.45) is 1.41. The molecule has 4 nitrogen and oxygen atoms in total. The number of ether oxygens (including phenoxy) is 1. The van der Waals surface area contributed by atoms with Gasteiger partial charge in [0.25, 0.3) is 0 Å². The summed E-state index contributed by atoms with van der Waals surface area (Å²) in [6, 6.07) is 4.69. The number of hydrogen-bond donors (Lipinski definition) is 0. The van der Waals surface area contributed by atoms with E-state index in [1.807, 2.05) is 0 Å². The van der Waals surface area contributed by atoms with E-state index in [2.05, 4.69) is 0 Å². The van der Waals surface area contributed by atoms with Crippen LogP contribution in [0, 0.1) is 0 Å². The van der Waals surface area contributed by atoms with E-state index < -0.39 is 15.3 Å². The summed E-state index contributed by atoms with van der Waals surface area (Å²) in [5.74, 6) is -0.302. The highest BCUT2D eigenvalue weighted by Gasteiger charge is 2.52. The minimum Gasteiger partial charge on any atom is -0.468 e. The molecule has 1 aromatic rings. The van der Waals surface area contributed by atoms with Gasteiger partial charge in [0.15, 0.2) is 9.84 Å². The Morgan fingerprint density at radius 2 is 2.05 bits per heavy atom. The van der Waals surface area contributed by atoms with Crippen LogP contribution < -0.4 is 0 Å². The fraction of sp³-hybridized carbons (Fsp3) is 0.462. The second-order valence-corrected chi connectivity index (χ2v) is 7.28. The maximum absolute atomic E-state index is 11.8. The van der Waals surface area contributed by atoms with Crippen LogP contribution in [0.4, 0.5) is 0 Å². The number of esters is 1. The molecule has 0 unspecified atom stereocenters. The third-order valence-corrected chi connectivity index (χ3v) is 5.74. The number of benzene rings is 1. The van der Waals surface area contributed by atoms with Crippen LogP contribution in [0.25, 0.3) is 0 Å².